The molecule has 0 aliphatic rings. The molecule has 0 saturated heterocycles. The van der Waals surface area contributed by atoms with E-state index in [4.69, 9.17) is 10.8 Å². The third-order valence-corrected chi connectivity index (χ3v) is 2.60. The molecular weight excluding hydrogens is 204 g/mol. The Morgan fingerprint density at radius 3 is 2.75 bits per heavy atom. The molecule has 0 heterocycles. The maximum atomic E-state index is 10.7. The molecule has 1 rings (SSSR count). The van der Waals surface area contributed by atoms with Crippen LogP contribution in [0.25, 0.3) is 0 Å². The molecule has 0 fully saturated rings. The number of hydrogen-bond acceptors (Lipinski definition) is 3. The zero-order chi connectivity index (χ0) is 12.1. The lowest BCUT2D eigenvalue weighted by atomic mass is 9.98. The van der Waals surface area contributed by atoms with Crippen LogP contribution in [0.1, 0.15) is 23.6 Å². The summed E-state index contributed by atoms with van der Waals surface area (Å²) < 4.78 is 0. The minimum absolute atomic E-state index is 0.0222. The third-order valence-electron chi connectivity index (χ3n) is 2.60. The van der Waals surface area contributed by atoms with Crippen LogP contribution < -0.4 is 11.1 Å². The summed E-state index contributed by atoms with van der Waals surface area (Å²) in [5.74, 6) is -0.965. The van der Waals surface area contributed by atoms with Crippen LogP contribution in [0.3, 0.4) is 0 Å². The molecule has 1 aromatic rings. The number of aryl methyl sites for hydroxylation is 1. The largest absolute Gasteiger partial charge is 0.480 e. The maximum absolute atomic E-state index is 10.7. The van der Waals surface area contributed by atoms with Gasteiger partial charge in [0.2, 0.25) is 0 Å². The van der Waals surface area contributed by atoms with Crippen LogP contribution in [-0.2, 0) is 4.79 Å². The zero-order valence-corrected chi connectivity index (χ0v) is 9.60. The Labute approximate surface area is 95.5 Å². The number of hydrogen-bond donors (Lipinski definition) is 3. The predicted octanol–water partition coefficient (Wildman–Crippen LogP) is 1.06. The van der Waals surface area contributed by atoms with E-state index in [1.54, 1.807) is 0 Å². The van der Waals surface area contributed by atoms with Gasteiger partial charge in [-0.25, -0.2) is 0 Å². The highest BCUT2D eigenvalue weighted by atomic mass is 16.4. The summed E-state index contributed by atoms with van der Waals surface area (Å²) in [6.07, 6.45) is 0.384. The van der Waals surface area contributed by atoms with Crippen LogP contribution in [0.5, 0.6) is 0 Å². The standard InChI is InChI=1S/C12H18N2O2/c1-8-4-3-5-9(6-8)11(14-2)7-10(13)12(15)16/h3-6,10-11,14H,7,13H2,1-2H3,(H,15,16). The van der Waals surface area contributed by atoms with E-state index in [1.807, 2.05) is 38.2 Å². The number of aliphatic carboxylic acids is 1. The van der Waals surface area contributed by atoms with Crippen LogP contribution in [0.2, 0.25) is 0 Å². The summed E-state index contributed by atoms with van der Waals surface area (Å²) in [6.45, 7) is 2.01. The smallest absolute Gasteiger partial charge is 0.320 e. The van der Waals surface area contributed by atoms with Crippen LogP contribution >= 0.6 is 0 Å². The van der Waals surface area contributed by atoms with Crippen molar-refractivity contribution in [2.75, 3.05) is 7.05 Å². The van der Waals surface area contributed by atoms with Gasteiger partial charge in [0.1, 0.15) is 6.04 Å². The average Bonchev–Trinajstić information content (AvgIpc) is 2.25. The summed E-state index contributed by atoms with van der Waals surface area (Å²) in [6, 6.07) is 7.12. The average molecular weight is 222 g/mol. The molecule has 4 heteroatoms. The number of rotatable bonds is 5. The van der Waals surface area contributed by atoms with Gasteiger partial charge in [0.25, 0.3) is 0 Å². The molecule has 16 heavy (non-hydrogen) atoms. The molecule has 0 saturated carbocycles. The van der Waals surface area contributed by atoms with Crippen molar-refractivity contribution in [1.82, 2.24) is 5.32 Å². The fourth-order valence-corrected chi connectivity index (χ4v) is 1.66. The van der Waals surface area contributed by atoms with Crippen LogP contribution in [0.15, 0.2) is 24.3 Å². The predicted molar refractivity (Wildman–Crippen MR) is 63.2 cm³/mol. The molecule has 0 amide bonds. The van der Waals surface area contributed by atoms with Gasteiger partial charge in [-0.3, -0.25) is 4.79 Å². The van der Waals surface area contributed by atoms with Gasteiger partial charge in [-0.05, 0) is 26.0 Å². The Kier molecular flexibility index (Phi) is 4.46. The summed E-state index contributed by atoms with van der Waals surface area (Å²) in [5, 5.41) is 11.9. The normalized spacial score (nSPS) is 14.4. The van der Waals surface area contributed by atoms with E-state index >= 15 is 0 Å². The molecule has 88 valence electrons. The molecule has 4 nitrogen and oxygen atoms in total. The Morgan fingerprint density at radius 2 is 2.25 bits per heavy atom. The Hall–Kier alpha value is -1.39. The first kappa shape index (κ1) is 12.7. The first-order chi connectivity index (χ1) is 7.54. The van der Waals surface area contributed by atoms with Gasteiger partial charge < -0.3 is 16.2 Å². The molecule has 0 bridgehead atoms. The number of nitrogens with two attached hydrogens (primary N) is 1. The second-order valence-corrected chi connectivity index (χ2v) is 3.94. The molecular formula is C12H18N2O2. The lowest BCUT2D eigenvalue weighted by molar-refractivity contribution is -0.138. The van der Waals surface area contributed by atoms with E-state index in [9.17, 15) is 4.79 Å². The molecule has 2 atom stereocenters. The molecule has 0 aromatic heterocycles. The van der Waals surface area contributed by atoms with Crippen molar-refractivity contribution < 1.29 is 9.90 Å². The van der Waals surface area contributed by atoms with E-state index in [2.05, 4.69) is 5.32 Å². The van der Waals surface area contributed by atoms with Gasteiger partial charge in [0.15, 0.2) is 0 Å². The fraction of sp³-hybridized carbons (Fsp3) is 0.417. The monoisotopic (exact) mass is 222 g/mol. The number of nitrogens with one attached hydrogen (secondary N) is 1. The lowest BCUT2D eigenvalue weighted by Crippen LogP contribution is -2.34. The van der Waals surface area contributed by atoms with Crippen molar-refractivity contribution in [3.63, 3.8) is 0 Å². The fourth-order valence-electron chi connectivity index (χ4n) is 1.66. The molecule has 0 spiro atoms. The highest BCUT2D eigenvalue weighted by Gasteiger charge is 2.18. The van der Waals surface area contributed by atoms with E-state index < -0.39 is 12.0 Å². The van der Waals surface area contributed by atoms with Crippen molar-refractivity contribution in [3.05, 3.63) is 35.4 Å². The number of benzene rings is 1. The zero-order valence-electron chi connectivity index (χ0n) is 9.60. The highest BCUT2D eigenvalue weighted by Crippen LogP contribution is 2.18. The topological polar surface area (TPSA) is 75.3 Å². The van der Waals surface area contributed by atoms with E-state index in [1.165, 1.54) is 0 Å². The quantitative estimate of drug-likeness (QED) is 0.696. The second kappa shape index (κ2) is 5.63. The summed E-state index contributed by atoms with van der Waals surface area (Å²) in [7, 11) is 1.81. The Morgan fingerprint density at radius 1 is 1.56 bits per heavy atom. The first-order valence-electron chi connectivity index (χ1n) is 5.26. The van der Waals surface area contributed by atoms with E-state index in [0.717, 1.165) is 11.1 Å². The van der Waals surface area contributed by atoms with Crippen molar-refractivity contribution in [2.45, 2.75) is 25.4 Å². The van der Waals surface area contributed by atoms with Gasteiger partial charge in [0, 0.05) is 6.04 Å². The Balaban J connectivity index is 2.78. The minimum Gasteiger partial charge on any atom is -0.480 e. The highest BCUT2D eigenvalue weighted by molar-refractivity contribution is 5.73. The van der Waals surface area contributed by atoms with Gasteiger partial charge in [-0.1, -0.05) is 29.8 Å². The van der Waals surface area contributed by atoms with E-state index in [0.29, 0.717) is 6.42 Å². The molecule has 2 unspecified atom stereocenters. The lowest BCUT2D eigenvalue weighted by Gasteiger charge is -2.19. The van der Waals surface area contributed by atoms with Crippen LogP contribution in [0.4, 0.5) is 0 Å². The molecule has 4 N–H and O–H groups in total. The maximum Gasteiger partial charge on any atom is 0.320 e. The molecule has 0 aliphatic heterocycles. The Bertz CT molecular complexity index is 366. The third kappa shape index (κ3) is 3.32. The van der Waals surface area contributed by atoms with Crippen molar-refractivity contribution in [3.8, 4) is 0 Å². The van der Waals surface area contributed by atoms with Gasteiger partial charge in [0.05, 0.1) is 0 Å². The number of carboxylic acids is 1. The number of carbonyl (C=O) groups is 1. The summed E-state index contributed by atoms with van der Waals surface area (Å²) in [5.41, 5.74) is 7.75. The number of carboxylic acid groups (broad SMARTS) is 1. The van der Waals surface area contributed by atoms with Crippen LogP contribution in [0, 0.1) is 6.92 Å². The summed E-state index contributed by atoms with van der Waals surface area (Å²) in [4.78, 5) is 10.7. The van der Waals surface area contributed by atoms with Crippen molar-refractivity contribution >= 4 is 5.97 Å². The summed E-state index contributed by atoms with van der Waals surface area (Å²) >= 11 is 0. The van der Waals surface area contributed by atoms with Crippen molar-refractivity contribution in [1.29, 1.82) is 0 Å². The van der Waals surface area contributed by atoms with Gasteiger partial charge >= 0.3 is 5.97 Å². The first-order valence-corrected chi connectivity index (χ1v) is 5.26. The van der Waals surface area contributed by atoms with Crippen LogP contribution in [-0.4, -0.2) is 24.2 Å². The molecule has 1 aromatic carbocycles. The van der Waals surface area contributed by atoms with Gasteiger partial charge in [-0.15, -0.1) is 0 Å². The van der Waals surface area contributed by atoms with E-state index in [-0.39, 0.29) is 6.04 Å². The van der Waals surface area contributed by atoms with Gasteiger partial charge in [-0.2, -0.15) is 0 Å². The SMILES string of the molecule is CNC(CC(N)C(=O)O)c1cccc(C)c1. The van der Waals surface area contributed by atoms with Crippen molar-refractivity contribution in [2.24, 2.45) is 5.73 Å². The minimum atomic E-state index is -0.965. The molecule has 0 radical (unpaired) electrons. The second-order valence-electron chi connectivity index (χ2n) is 3.94. The molecule has 0 aliphatic carbocycles.